The average Bonchev–Trinajstić information content (AvgIpc) is 2.76. The highest BCUT2D eigenvalue weighted by Crippen LogP contribution is 1.94. The third-order valence-corrected chi connectivity index (χ3v) is 2.23. The van der Waals surface area contributed by atoms with Gasteiger partial charge in [0.2, 0.25) is 0 Å². The van der Waals surface area contributed by atoms with Crippen LogP contribution >= 0.6 is 0 Å². The summed E-state index contributed by atoms with van der Waals surface area (Å²) in [6, 6.07) is 2.94. The van der Waals surface area contributed by atoms with Gasteiger partial charge in [-0.15, -0.1) is 0 Å². The molecule has 0 saturated carbocycles. The Bertz CT molecular complexity index is 502. The first-order chi connectivity index (χ1) is 7.75. The van der Waals surface area contributed by atoms with Crippen LogP contribution in [0.15, 0.2) is 35.6 Å². The zero-order valence-corrected chi connectivity index (χ0v) is 8.78. The zero-order valence-electron chi connectivity index (χ0n) is 8.78. The maximum atomic E-state index is 11.4. The number of rotatable bonds is 4. The highest BCUT2D eigenvalue weighted by atomic mass is 16.1. The third kappa shape index (κ3) is 2.47. The second kappa shape index (κ2) is 4.61. The van der Waals surface area contributed by atoms with E-state index in [2.05, 4.69) is 10.1 Å². The number of aromatic nitrogens is 4. The smallest absolute Gasteiger partial charge is 0.266 e. The van der Waals surface area contributed by atoms with Crippen molar-refractivity contribution in [2.24, 2.45) is 0 Å². The molecule has 0 aliphatic rings. The molecule has 16 heavy (non-hydrogen) atoms. The molecule has 2 N–H and O–H groups in total. The number of anilines is 1. The summed E-state index contributed by atoms with van der Waals surface area (Å²) in [5.41, 5.74) is 5.38. The van der Waals surface area contributed by atoms with E-state index in [0.717, 1.165) is 13.0 Å². The summed E-state index contributed by atoms with van der Waals surface area (Å²) >= 11 is 0. The van der Waals surface area contributed by atoms with Crippen molar-refractivity contribution in [3.63, 3.8) is 0 Å². The lowest BCUT2D eigenvalue weighted by molar-refractivity contribution is 0.509. The van der Waals surface area contributed by atoms with Crippen LogP contribution in [-0.4, -0.2) is 19.3 Å². The van der Waals surface area contributed by atoms with E-state index in [4.69, 9.17) is 5.73 Å². The van der Waals surface area contributed by atoms with Crippen LogP contribution in [0.2, 0.25) is 0 Å². The number of hydrogen-bond donors (Lipinski definition) is 1. The van der Waals surface area contributed by atoms with Gasteiger partial charge in [0.25, 0.3) is 5.56 Å². The van der Waals surface area contributed by atoms with Gasteiger partial charge in [0.05, 0.1) is 6.33 Å². The van der Waals surface area contributed by atoms with Gasteiger partial charge in [0, 0.05) is 31.5 Å². The Kier molecular flexibility index (Phi) is 3.00. The minimum absolute atomic E-state index is 0.125. The van der Waals surface area contributed by atoms with Crippen LogP contribution in [0.25, 0.3) is 0 Å². The average molecular weight is 219 g/mol. The van der Waals surface area contributed by atoms with E-state index in [1.807, 2.05) is 10.8 Å². The minimum Gasteiger partial charge on any atom is -0.382 e. The number of nitrogen functional groups attached to an aromatic ring is 1. The van der Waals surface area contributed by atoms with Crippen LogP contribution in [0.4, 0.5) is 5.82 Å². The SMILES string of the molecule is Nc1ccc(=O)n(CCCn2ccnc2)n1. The maximum absolute atomic E-state index is 11.4. The lowest BCUT2D eigenvalue weighted by atomic mass is 10.4. The van der Waals surface area contributed by atoms with Crippen molar-refractivity contribution in [1.29, 1.82) is 0 Å². The third-order valence-electron chi connectivity index (χ3n) is 2.23. The normalized spacial score (nSPS) is 10.5. The summed E-state index contributed by atoms with van der Waals surface area (Å²) in [5.74, 6) is 0.363. The van der Waals surface area contributed by atoms with Gasteiger partial charge in [-0.3, -0.25) is 4.79 Å². The largest absolute Gasteiger partial charge is 0.382 e. The Hall–Kier alpha value is -2.11. The van der Waals surface area contributed by atoms with Gasteiger partial charge in [0.1, 0.15) is 5.82 Å². The van der Waals surface area contributed by atoms with Gasteiger partial charge >= 0.3 is 0 Å². The summed E-state index contributed by atoms with van der Waals surface area (Å²) < 4.78 is 3.34. The standard InChI is InChI=1S/C10H13N5O/c11-9-2-3-10(16)15(13-9)6-1-5-14-7-4-12-8-14/h2-4,7-8H,1,5-6H2,(H2,11,13). The van der Waals surface area contributed by atoms with E-state index in [-0.39, 0.29) is 5.56 Å². The fourth-order valence-electron chi connectivity index (χ4n) is 1.45. The predicted octanol–water partition coefficient (Wildman–Crippen LogP) is 0.112. The molecular weight excluding hydrogens is 206 g/mol. The van der Waals surface area contributed by atoms with Gasteiger partial charge in [-0.25, -0.2) is 9.67 Å². The molecule has 0 aromatic carbocycles. The van der Waals surface area contributed by atoms with Crippen molar-refractivity contribution in [2.45, 2.75) is 19.5 Å². The van der Waals surface area contributed by atoms with E-state index >= 15 is 0 Å². The Morgan fingerprint density at radius 2 is 2.19 bits per heavy atom. The lowest BCUT2D eigenvalue weighted by Gasteiger charge is -2.05. The fraction of sp³-hybridized carbons (Fsp3) is 0.300. The fourth-order valence-corrected chi connectivity index (χ4v) is 1.45. The molecule has 2 aromatic rings. The van der Waals surface area contributed by atoms with E-state index in [0.29, 0.717) is 12.4 Å². The molecule has 2 aromatic heterocycles. The van der Waals surface area contributed by atoms with E-state index in [1.165, 1.54) is 16.8 Å². The van der Waals surface area contributed by atoms with Crippen LogP contribution in [-0.2, 0) is 13.1 Å². The van der Waals surface area contributed by atoms with E-state index < -0.39 is 0 Å². The second-order valence-electron chi connectivity index (χ2n) is 3.47. The van der Waals surface area contributed by atoms with Crippen molar-refractivity contribution in [3.8, 4) is 0 Å². The van der Waals surface area contributed by atoms with Crippen LogP contribution in [0.5, 0.6) is 0 Å². The molecule has 6 heteroatoms. The first-order valence-electron chi connectivity index (χ1n) is 5.05. The molecule has 0 aliphatic carbocycles. The topological polar surface area (TPSA) is 78.7 Å². The zero-order chi connectivity index (χ0) is 11.4. The van der Waals surface area contributed by atoms with Crippen molar-refractivity contribution >= 4 is 5.82 Å². The molecule has 0 aliphatic heterocycles. The van der Waals surface area contributed by atoms with Crippen molar-refractivity contribution in [2.75, 3.05) is 5.73 Å². The van der Waals surface area contributed by atoms with Crippen molar-refractivity contribution in [3.05, 3.63) is 41.2 Å². The molecule has 0 atom stereocenters. The summed E-state index contributed by atoms with van der Waals surface area (Å²) in [6.45, 7) is 1.37. The Balaban J connectivity index is 1.94. The molecule has 2 rings (SSSR count). The van der Waals surface area contributed by atoms with Crippen molar-refractivity contribution in [1.82, 2.24) is 19.3 Å². The van der Waals surface area contributed by atoms with E-state index in [9.17, 15) is 4.79 Å². The van der Waals surface area contributed by atoms with Crippen LogP contribution in [0.3, 0.4) is 0 Å². The quantitative estimate of drug-likeness (QED) is 0.791. The molecule has 2 heterocycles. The molecule has 0 amide bonds. The Morgan fingerprint density at radius 3 is 2.94 bits per heavy atom. The summed E-state index contributed by atoms with van der Waals surface area (Å²) in [7, 11) is 0. The molecule has 0 spiro atoms. The molecular formula is C10H13N5O. The first-order valence-corrected chi connectivity index (χ1v) is 5.05. The van der Waals surface area contributed by atoms with Gasteiger partial charge in [0.15, 0.2) is 0 Å². The molecule has 84 valence electrons. The molecule has 0 fully saturated rings. The second-order valence-corrected chi connectivity index (χ2v) is 3.47. The number of nitrogens with zero attached hydrogens (tertiary/aromatic N) is 4. The summed E-state index contributed by atoms with van der Waals surface area (Å²) in [4.78, 5) is 15.3. The maximum Gasteiger partial charge on any atom is 0.266 e. The summed E-state index contributed by atoms with van der Waals surface area (Å²) in [6.07, 6.45) is 6.17. The number of aryl methyl sites for hydroxylation is 2. The van der Waals surface area contributed by atoms with Gasteiger partial charge in [-0.2, -0.15) is 5.10 Å². The van der Waals surface area contributed by atoms with E-state index in [1.54, 1.807) is 12.5 Å². The monoisotopic (exact) mass is 219 g/mol. The minimum atomic E-state index is -0.125. The van der Waals surface area contributed by atoms with Crippen LogP contribution < -0.4 is 11.3 Å². The van der Waals surface area contributed by atoms with Gasteiger partial charge < -0.3 is 10.3 Å². The van der Waals surface area contributed by atoms with Crippen LogP contribution in [0.1, 0.15) is 6.42 Å². The molecule has 6 nitrogen and oxygen atoms in total. The predicted molar refractivity (Wildman–Crippen MR) is 59.8 cm³/mol. The number of nitrogens with two attached hydrogens (primary N) is 1. The molecule has 0 unspecified atom stereocenters. The lowest BCUT2D eigenvalue weighted by Crippen LogP contribution is -2.23. The highest BCUT2D eigenvalue weighted by Gasteiger charge is 1.98. The molecule has 0 radical (unpaired) electrons. The first kappa shape index (κ1) is 10.4. The molecule has 0 saturated heterocycles. The Labute approximate surface area is 92.3 Å². The number of imidazole rings is 1. The van der Waals surface area contributed by atoms with Crippen molar-refractivity contribution < 1.29 is 0 Å². The summed E-state index contributed by atoms with van der Waals surface area (Å²) in [5, 5.41) is 3.95. The molecule has 0 bridgehead atoms. The number of hydrogen-bond acceptors (Lipinski definition) is 4. The van der Waals surface area contributed by atoms with Gasteiger partial charge in [-0.1, -0.05) is 0 Å². The van der Waals surface area contributed by atoms with Gasteiger partial charge in [-0.05, 0) is 12.5 Å². The highest BCUT2D eigenvalue weighted by molar-refractivity contribution is 5.23. The Morgan fingerprint density at radius 1 is 1.31 bits per heavy atom. The van der Waals surface area contributed by atoms with Crippen LogP contribution in [0, 0.1) is 0 Å².